The Morgan fingerprint density at radius 2 is 1.57 bits per heavy atom. The molecule has 4 aromatic rings. The van der Waals surface area contributed by atoms with Crippen LogP contribution in [0.4, 0.5) is 0 Å². The van der Waals surface area contributed by atoms with Crippen molar-refractivity contribution >= 4 is 46.8 Å². The molecule has 1 aliphatic heterocycles. The maximum atomic E-state index is 13.0. The third-order valence-corrected chi connectivity index (χ3v) is 8.37. The molecule has 0 radical (unpaired) electrons. The van der Waals surface area contributed by atoms with Crippen LogP contribution in [0.5, 0.6) is 0 Å². The lowest BCUT2D eigenvalue weighted by Crippen LogP contribution is -2.55. The van der Waals surface area contributed by atoms with Crippen LogP contribution in [0.25, 0.3) is 17.1 Å². The molecule has 1 saturated heterocycles. The lowest BCUT2D eigenvalue weighted by atomic mass is 10.1. The number of carbonyl (C=O) groups excluding carboxylic acids is 2. The Balaban J connectivity index is 1.17. The molecular formula is C30H29Cl2N5O2S. The van der Waals surface area contributed by atoms with Crippen LogP contribution in [-0.2, 0) is 4.79 Å². The third-order valence-electron chi connectivity index (χ3n) is 6.85. The van der Waals surface area contributed by atoms with Crippen LogP contribution in [0.15, 0.2) is 84.0 Å². The van der Waals surface area contributed by atoms with Crippen LogP contribution in [0.1, 0.15) is 30.1 Å². The zero-order valence-corrected chi connectivity index (χ0v) is 24.4. The second-order valence-corrected chi connectivity index (χ2v) is 11.6. The molecule has 2 heterocycles. The fourth-order valence-corrected chi connectivity index (χ4v) is 5.89. The molecule has 0 saturated carbocycles. The molecule has 1 fully saturated rings. The normalized spacial score (nSPS) is 15.3. The van der Waals surface area contributed by atoms with Gasteiger partial charge >= 0.3 is 0 Å². The van der Waals surface area contributed by atoms with E-state index in [-0.39, 0.29) is 17.9 Å². The van der Waals surface area contributed by atoms with Gasteiger partial charge in [0.05, 0.1) is 0 Å². The number of rotatable bonds is 8. The van der Waals surface area contributed by atoms with E-state index in [0.29, 0.717) is 48.1 Å². The number of para-hydroxylation sites is 1. The van der Waals surface area contributed by atoms with Crippen LogP contribution in [-0.4, -0.2) is 67.8 Å². The van der Waals surface area contributed by atoms with E-state index in [2.05, 4.69) is 10.2 Å². The molecule has 40 heavy (non-hydrogen) atoms. The quantitative estimate of drug-likeness (QED) is 0.172. The second-order valence-electron chi connectivity index (χ2n) is 9.63. The van der Waals surface area contributed by atoms with E-state index >= 15 is 0 Å². The minimum atomic E-state index is -0.0639. The highest BCUT2D eigenvalue weighted by atomic mass is 35.5. The highest BCUT2D eigenvalue weighted by molar-refractivity contribution is 7.99. The van der Waals surface area contributed by atoms with Gasteiger partial charge in [0.1, 0.15) is 0 Å². The van der Waals surface area contributed by atoms with E-state index in [0.717, 1.165) is 28.0 Å². The van der Waals surface area contributed by atoms with Gasteiger partial charge in [-0.05, 0) is 74.0 Å². The number of nitrogens with zero attached hydrogens (tertiary/aromatic N) is 5. The zero-order chi connectivity index (χ0) is 28.1. The number of halogens is 2. The van der Waals surface area contributed by atoms with Crippen molar-refractivity contribution in [1.29, 1.82) is 0 Å². The molecule has 0 N–H and O–H groups in total. The van der Waals surface area contributed by atoms with Crippen LogP contribution < -0.4 is 0 Å². The second kappa shape index (κ2) is 12.9. The molecular weight excluding hydrogens is 565 g/mol. The summed E-state index contributed by atoms with van der Waals surface area (Å²) in [5, 5.41) is 11.0. The maximum Gasteiger partial charge on any atom is 0.254 e. The molecule has 3 aromatic carbocycles. The van der Waals surface area contributed by atoms with E-state index in [9.17, 15) is 9.59 Å². The van der Waals surface area contributed by atoms with Crippen molar-refractivity contribution in [3.05, 3.63) is 94.5 Å². The van der Waals surface area contributed by atoms with Crippen molar-refractivity contribution in [2.45, 2.75) is 31.0 Å². The number of aromatic nitrogens is 3. The van der Waals surface area contributed by atoms with Crippen molar-refractivity contribution in [2.24, 2.45) is 0 Å². The predicted octanol–water partition coefficient (Wildman–Crippen LogP) is 6.49. The summed E-state index contributed by atoms with van der Waals surface area (Å²) in [6.07, 6.45) is 1.15. The highest BCUT2D eigenvalue weighted by Crippen LogP contribution is 2.29. The fourth-order valence-electron chi connectivity index (χ4n) is 4.75. The number of hydrogen-bond donors (Lipinski definition) is 0. The van der Waals surface area contributed by atoms with Crippen LogP contribution in [0, 0.1) is 0 Å². The van der Waals surface area contributed by atoms with E-state index in [1.165, 1.54) is 0 Å². The summed E-state index contributed by atoms with van der Waals surface area (Å²) in [6.45, 7) is 3.55. The van der Waals surface area contributed by atoms with Gasteiger partial charge in [-0.2, -0.15) is 0 Å². The Kier molecular flexibility index (Phi) is 9.09. The zero-order valence-electron chi connectivity index (χ0n) is 22.0. The van der Waals surface area contributed by atoms with E-state index in [1.54, 1.807) is 36.0 Å². The van der Waals surface area contributed by atoms with Crippen molar-refractivity contribution in [2.75, 3.05) is 25.4 Å². The van der Waals surface area contributed by atoms with Gasteiger partial charge < -0.3 is 9.80 Å². The molecule has 7 nitrogen and oxygen atoms in total. The number of piperazine rings is 1. The molecule has 2 amide bonds. The van der Waals surface area contributed by atoms with Gasteiger partial charge in [0.15, 0.2) is 11.0 Å². The Bertz CT molecular complexity index is 1460. The molecule has 5 rings (SSSR count). The number of amides is 2. The van der Waals surface area contributed by atoms with E-state index in [4.69, 9.17) is 23.2 Å². The van der Waals surface area contributed by atoms with Crippen molar-refractivity contribution < 1.29 is 9.59 Å². The first kappa shape index (κ1) is 28.2. The Morgan fingerprint density at radius 3 is 2.25 bits per heavy atom. The van der Waals surface area contributed by atoms with Gasteiger partial charge in [-0.25, -0.2) is 0 Å². The molecule has 1 atom stereocenters. The predicted molar refractivity (Wildman–Crippen MR) is 160 cm³/mol. The topological polar surface area (TPSA) is 71.3 Å². The molecule has 206 valence electrons. The molecule has 1 aliphatic rings. The highest BCUT2D eigenvalue weighted by Gasteiger charge is 2.30. The summed E-state index contributed by atoms with van der Waals surface area (Å²) >= 11 is 13.6. The average Bonchev–Trinajstić information content (AvgIpc) is 3.40. The first-order chi connectivity index (χ1) is 19.4. The summed E-state index contributed by atoms with van der Waals surface area (Å²) in [5.41, 5.74) is 2.50. The first-order valence-corrected chi connectivity index (χ1v) is 14.9. The fraction of sp³-hybridized carbons (Fsp3) is 0.267. The number of carbonyl (C=O) groups is 2. The summed E-state index contributed by atoms with van der Waals surface area (Å²) in [5.74, 6) is 1.54. The summed E-state index contributed by atoms with van der Waals surface area (Å²) in [7, 11) is 0. The molecule has 0 bridgehead atoms. The smallest absolute Gasteiger partial charge is 0.254 e. The largest absolute Gasteiger partial charge is 0.339 e. The first-order valence-electron chi connectivity index (χ1n) is 13.1. The van der Waals surface area contributed by atoms with Crippen molar-refractivity contribution in [1.82, 2.24) is 24.6 Å². The van der Waals surface area contributed by atoms with Crippen molar-refractivity contribution in [3.63, 3.8) is 0 Å². The number of thioether (sulfide) groups is 1. The minimum absolute atomic E-state index is 0.0341. The molecule has 10 heteroatoms. The summed E-state index contributed by atoms with van der Waals surface area (Å²) in [6, 6.07) is 24.4. The van der Waals surface area contributed by atoms with E-state index in [1.807, 2.05) is 75.9 Å². The van der Waals surface area contributed by atoms with Gasteiger partial charge in [0.2, 0.25) is 5.91 Å². The Labute approximate surface area is 248 Å². The Hall–Kier alpha value is -3.33. The lowest BCUT2D eigenvalue weighted by molar-refractivity contribution is -0.133. The van der Waals surface area contributed by atoms with Crippen LogP contribution >= 0.6 is 35.0 Å². The average molecular weight is 595 g/mol. The number of benzene rings is 3. The molecule has 1 unspecified atom stereocenters. The van der Waals surface area contributed by atoms with Crippen LogP contribution in [0.2, 0.25) is 10.0 Å². The van der Waals surface area contributed by atoms with Gasteiger partial charge in [-0.3, -0.25) is 14.2 Å². The van der Waals surface area contributed by atoms with Gasteiger partial charge in [-0.15, -0.1) is 10.2 Å². The maximum absolute atomic E-state index is 13.0. The standard InChI is InChI=1S/C30H29Cl2N5O2S/c1-21-20-35(17-18-36(21)29(39)23-11-15-25(32)16-12-23)27(38)8-5-19-40-30-34-33-28(22-9-13-24(31)14-10-22)37(30)26-6-3-2-4-7-26/h2-4,6-7,9-16,21H,5,8,17-20H2,1H3. The molecule has 0 aliphatic carbocycles. The van der Waals surface area contributed by atoms with Crippen LogP contribution in [0.3, 0.4) is 0 Å². The molecule has 1 aromatic heterocycles. The van der Waals surface area contributed by atoms with Gasteiger partial charge in [0.25, 0.3) is 5.91 Å². The summed E-state index contributed by atoms with van der Waals surface area (Å²) < 4.78 is 2.04. The molecule has 0 spiro atoms. The van der Waals surface area contributed by atoms with Gasteiger partial charge in [0, 0.05) is 64.7 Å². The van der Waals surface area contributed by atoms with Crippen molar-refractivity contribution in [3.8, 4) is 17.1 Å². The SMILES string of the molecule is CC1CN(C(=O)CCCSc2nnc(-c3ccc(Cl)cc3)n2-c2ccccc2)CCN1C(=O)c1ccc(Cl)cc1. The number of hydrogen-bond acceptors (Lipinski definition) is 5. The third kappa shape index (κ3) is 6.52. The van der Waals surface area contributed by atoms with Gasteiger partial charge in [-0.1, -0.05) is 53.2 Å². The summed E-state index contributed by atoms with van der Waals surface area (Å²) in [4.78, 5) is 29.6. The Morgan fingerprint density at radius 1 is 0.900 bits per heavy atom. The monoisotopic (exact) mass is 593 g/mol. The minimum Gasteiger partial charge on any atom is -0.339 e. The lowest BCUT2D eigenvalue weighted by Gasteiger charge is -2.40. The van der Waals surface area contributed by atoms with E-state index < -0.39 is 0 Å².